The molecule has 3 aliphatic heterocycles. The zero-order valence-corrected chi connectivity index (χ0v) is 37.0. The van der Waals surface area contributed by atoms with E-state index in [-0.39, 0.29) is 45.3 Å². The lowest BCUT2D eigenvalue weighted by molar-refractivity contribution is -0.0616. The van der Waals surface area contributed by atoms with Crippen LogP contribution in [0.5, 0.6) is 0 Å². The van der Waals surface area contributed by atoms with Crippen LogP contribution in [0.1, 0.15) is 18.7 Å². The number of hydrogen-bond acceptors (Lipinski definition) is 27. The Hall–Kier alpha value is -5.30. The molecule has 0 aliphatic carbocycles. The van der Waals surface area contributed by atoms with Crippen LogP contribution in [-0.2, 0) is 50.5 Å². The van der Waals surface area contributed by atoms with E-state index in [1.807, 2.05) is 0 Å². The topological polar surface area (TPSA) is 536 Å². The monoisotopic (exact) mass is 1040 g/mol. The van der Waals surface area contributed by atoms with Crippen LogP contribution in [0.15, 0.2) is 34.9 Å². The molecule has 374 valence electrons. The van der Waals surface area contributed by atoms with Crippen LogP contribution >= 0.6 is 23.5 Å². The second kappa shape index (κ2) is 18.1. The van der Waals surface area contributed by atoms with E-state index in [1.54, 1.807) is 0 Å². The Kier molecular flexibility index (Phi) is 12.8. The smallest absolute Gasteiger partial charge is 0.387 e. The van der Waals surface area contributed by atoms with E-state index in [0.29, 0.717) is 0 Å². The van der Waals surface area contributed by atoms with Gasteiger partial charge in [0.05, 0.1) is 38.8 Å². The van der Waals surface area contributed by atoms with Gasteiger partial charge in [-0.15, -0.1) is 0 Å². The van der Waals surface area contributed by atoms with Crippen molar-refractivity contribution in [3.8, 4) is 0 Å². The second-order valence-electron chi connectivity index (χ2n) is 15.2. The van der Waals surface area contributed by atoms with Gasteiger partial charge in [0, 0.05) is 0 Å². The Labute approximate surface area is 380 Å². The van der Waals surface area contributed by atoms with Gasteiger partial charge in [-0.1, -0.05) is 0 Å². The number of nitrogens with one attached hydrogen (secondary N) is 2. The molecule has 39 heteroatoms. The molecule has 0 bridgehead atoms. The molecule has 0 saturated carbocycles. The van der Waals surface area contributed by atoms with Crippen molar-refractivity contribution in [2.24, 2.45) is 0 Å². The van der Waals surface area contributed by atoms with Crippen molar-refractivity contribution in [3.05, 3.63) is 46.0 Å². The predicted octanol–water partition coefficient (Wildman–Crippen LogP) is -4.91. The summed E-state index contributed by atoms with van der Waals surface area (Å²) in [6.45, 7) is -3.21. The molecule has 3 aliphatic rings. The van der Waals surface area contributed by atoms with Crippen molar-refractivity contribution in [3.63, 3.8) is 0 Å². The number of anilines is 3. The van der Waals surface area contributed by atoms with Crippen molar-refractivity contribution < 1.29 is 90.5 Å². The number of rotatable bonds is 16. The van der Waals surface area contributed by atoms with Gasteiger partial charge in [0.1, 0.15) is 66.8 Å². The highest BCUT2D eigenvalue weighted by Crippen LogP contribution is 2.53. The molecule has 9 rings (SSSR count). The number of imidazole rings is 3. The van der Waals surface area contributed by atoms with Gasteiger partial charge in [-0.3, -0.25) is 55.9 Å². The first-order chi connectivity index (χ1) is 32.5. The van der Waals surface area contributed by atoms with Crippen molar-refractivity contribution in [2.75, 3.05) is 37.0 Å². The summed E-state index contributed by atoms with van der Waals surface area (Å²) < 4.78 is 84.8. The molecule has 6 aromatic rings. The van der Waals surface area contributed by atoms with E-state index in [9.17, 15) is 63.3 Å². The maximum atomic E-state index is 13.7. The number of aromatic nitrogens is 12. The van der Waals surface area contributed by atoms with Gasteiger partial charge < -0.3 is 71.4 Å². The molecule has 3 saturated heterocycles. The highest BCUT2D eigenvalue weighted by atomic mass is 31.2. The molecule has 69 heavy (non-hydrogen) atoms. The third-order valence-electron chi connectivity index (χ3n) is 10.8. The molecule has 0 spiro atoms. The van der Waals surface area contributed by atoms with Crippen LogP contribution in [-0.4, -0.2) is 173 Å². The molecule has 0 aromatic carbocycles. The zero-order valence-electron chi connectivity index (χ0n) is 34.3. The number of phosphoric ester groups is 3. The summed E-state index contributed by atoms with van der Waals surface area (Å²) in [4.78, 5) is 97.8. The average Bonchev–Trinajstić information content (AvgIpc) is 4.13. The Balaban J connectivity index is 0.937. The van der Waals surface area contributed by atoms with Crippen LogP contribution in [0, 0.1) is 0 Å². The highest BCUT2D eigenvalue weighted by molar-refractivity contribution is 7.47. The van der Waals surface area contributed by atoms with Crippen LogP contribution in [0.3, 0.4) is 0 Å². The molecule has 0 amide bonds. The summed E-state index contributed by atoms with van der Waals surface area (Å²) in [7, 11) is -16.3. The first kappa shape index (κ1) is 48.7. The lowest BCUT2D eigenvalue weighted by Gasteiger charge is -2.26. The lowest BCUT2D eigenvalue weighted by Crippen LogP contribution is -2.38. The molecule has 0 radical (unpaired) electrons. The van der Waals surface area contributed by atoms with Crippen LogP contribution in [0.25, 0.3) is 33.5 Å². The third kappa shape index (κ3) is 9.53. The summed E-state index contributed by atoms with van der Waals surface area (Å²) in [6.07, 6.45) is -17.5. The normalized spacial score (nSPS) is 30.4. The number of aliphatic hydroxyl groups is 4. The summed E-state index contributed by atoms with van der Waals surface area (Å²) in [5.74, 6) is -0.784. The first-order valence-electron chi connectivity index (χ1n) is 19.6. The number of ether oxygens (including phenoxy) is 3. The van der Waals surface area contributed by atoms with E-state index in [4.69, 9.17) is 49.5 Å². The van der Waals surface area contributed by atoms with Gasteiger partial charge in [-0.2, -0.15) is 9.97 Å². The maximum absolute atomic E-state index is 13.7. The average molecular weight is 1040 g/mol. The molecule has 3 fully saturated rings. The molecule has 6 aromatic heterocycles. The van der Waals surface area contributed by atoms with Gasteiger partial charge in [0.15, 0.2) is 52.5 Å². The van der Waals surface area contributed by atoms with Gasteiger partial charge >= 0.3 is 23.5 Å². The fraction of sp³-hybridized carbons (Fsp3) is 0.500. The van der Waals surface area contributed by atoms with E-state index in [2.05, 4.69) is 49.4 Å². The number of aromatic amines is 2. The minimum Gasteiger partial charge on any atom is -0.387 e. The van der Waals surface area contributed by atoms with E-state index in [1.165, 1.54) is 0 Å². The second-order valence-corrected chi connectivity index (χ2v) is 19.3. The Morgan fingerprint density at radius 2 is 0.986 bits per heavy atom. The number of aliphatic hydroxyl groups excluding tert-OH is 4. The van der Waals surface area contributed by atoms with Crippen molar-refractivity contribution >= 4 is 74.7 Å². The van der Waals surface area contributed by atoms with Gasteiger partial charge in [-0.05, 0) is 0 Å². The maximum Gasteiger partial charge on any atom is 0.472 e. The lowest BCUT2D eigenvalue weighted by atomic mass is 10.1. The number of nitrogens with zero attached hydrogens (tertiary/aromatic N) is 10. The Bertz CT molecular complexity index is 3180. The molecule has 14 atom stereocenters. The summed E-state index contributed by atoms with van der Waals surface area (Å²) in [5.41, 5.74) is 14.8. The Morgan fingerprint density at radius 1 is 0.565 bits per heavy atom. The molecule has 2 unspecified atom stereocenters. The zero-order chi connectivity index (χ0) is 49.5. The van der Waals surface area contributed by atoms with Crippen LogP contribution < -0.4 is 28.3 Å². The van der Waals surface area contributed by atoms with Crippen molar-refractivity contribution in [1.29, 1.82) is 0 Å². The van der Waals surface area contributed by atoms with E-state index < -0.39 is 134 Å². The largest absolute Gasteiger partial charge is 0.472 e. The molecule has 36 nitrogen and oxygen atoms in total. The quantitative estimate of drug-likeness (QED) is 0.0404. The first-order valence-corrected chi connectivity index (χ1v) is 24.1. The number of phosphoric acid groups is 3. The summed E-state index contributed by atoms with van der Waals surface area (Å²) >= 11 is 0. The fourth-order valence-corrected chi connectivity index (χ4v) is 9.98. The SMILES string of the molecule is Nc1nc2c(ncn2[C@@H]2O[C@H](COP(=O)(O)O[C@H]3[C@@H](O)[C@H](n4cnc5c(=O)[nH]c(N)nc54)O[C@@H]3COP(=O)(O)O[C@H]3[C@@H](O)[C@H](n4cnc5c(N)ncnc54)O[C@@H]3COP(=O)(O)O)[C@@H](O)[C@H]2O)c(=O)[nH]1. The van der Waals surface area contributed by atoms with Crippen molar-refractivity contribution in [2.45, 2.75) is 73.6 Å². The molecule has 16 N–H and O–H groups in total. The minimum atomic E-state index is -5.55. The number of fused-ring (bicyclic) bond motifs is 3. The van der Waals surface area contributed by atoms with Gasteiger partial charge in [-0.25, -0.2) is 38.6 Å². The predicted molar refractivity (Wildman–Crippen MR) is 220 cm³/mol. The van der Waals surface area contributed by atoms with E-state index in [0.717, 1.165) is 39.0 Å². The summed E-state index contributed by atoms with van der Waals surface area (Å²) in [6, 6.07) is 0. The van der Waals surface area contributed by atoms with E-state index >= 15 is 0 Å². The number of H-pyrrole nitrogens is 2. The number of hydrogen-bond donors (Lipinski definition) is 13. The molecular weight excluding hydrogens is 999 g/mol. The number of nitrogens with two attached hydrogens (primary N) is 3. The van der Waals surface area contributed by atoms with Crippen LogP contribution in [0.2, 0.25) is 0 Å². The number of nitrogen functional groups attached to an aromatic ring is 3. The third-order valence-corrected chi connectivity index (χ3v) is 13.2. The van der Waals surface area contributed by atoms with Gasteiger partial charge in [0.25, 0.3) is 11.1 Å². The van der Waals surface area contributed by atoms with Crippen molar-refractivity contribution in [1.82, 2.24) is 58.6 Å². The van der Waals surface area contributed by atoms with Gasteiger partial charge in [0.2, 0.25) is 11.9 Å². The summed E-state index contributed by atoms with van der Waals surface area (Å²) in [5, 5.41) is 44.6. The fourth-order valence-electron chi connectivity index (χ4n) is 7.71. The standard InChI is InChI=1S/C30H38N15O21P3/c31-20-11-21(35-4-34-20)43(5-36-11)27-16(48)18(9(63-27)2-59-67(52,53)54)65-69(57,58)61-3-10-19(17(49)28(64-10)45-7-38-13-23(45)40-30(33)42-25(13)51)66-68(55,56)60-1-8-14(46)15(47)26(62-8)44-6-37-12-22(44)39-29(32)41-24(12)50/h4-10,14-19,26-28,46-49H,1-3H2,(H,55,56)(H,57,58)(H2,31,34,35)(H2,52,53,54)(H3,32,39,41,50)(H3,33,40,42,51)/t8-,9-,10-,14-,15-,16-,17-,18-,19-,26-,27-,28-/m1/s1. The molecule has 9 heterocycles. The minimum absolute atomic E-state index is 0.000419. The molecular formula is C30H38N15O21P3. The Morgan fingerprint density at radius 3 is 1.48 bits per heavy atom. The highest BCUT2D eigenvalue weighted by Gasteiger charge is 2.53. The van der Waals surface area contributed by atoms with Crippen LogP contribution in [0.4, 0.5) is 17.7 Å².